The van der Waals surface area contributed by atoms with Crippen LogP contribution in [0.15, 0.2) is 18.2 Å². The summed E-state index contributed by atoms with van der Waals surface area (Å²) in [5.41, 5.74) is -1.52. The van der Waals surface area contributed by atoms with E-state index in [9.17, 15) is 22.8 Å². The molecule has 0 aliphatic rings. The Balaban J connectivity index is 2.83. The molecule has 0 heterocycles. The van der Waals surface area contributed by atoms with Crippen LogP contribution in [-0.2, 0) is 11.0 Å². The monoisotopic (exact) mass is 337 g/mol. The van der Waals surface area contributed by atoms with Gasteiger partial charge in [0, 0.05) is 11.6 Å². The van der Waals surface area contributed by atoms with Crippen LogP contribution in [0.2, 0.25) is 5.02 Å². The molecule has 22 heavy (non-hydrogen) atoms. The molecule has 0 aromatic heterocycles. The minimum Gasteiger partial charge on any atom is -0.355 e. The molecule has 1 unspecified atom stereocenters. The minimum atomic E-state index is -4.67. The fraction of sp³-hybridized carbons (Fsp3) is 0.385. The molecule has 0 aliphatic carbocycles. The molecule has 3 amide bonds. The zero-order chi connectivity index (χ0) is 16.9. The van der Waals surface area contributed by atoms with E-state index in [1.54, 1.807) is 6.92 Å². The molecule has 0 aliphatic heterocycles. The second-order valence-corrected chi connectivity index (χ2v) is 4.84. The van der Waals surface area contributed by atoms with Gasteiger partial charge in [-0.05, 0) is 32.0 Å². The molecule has 0 saturated carbocycles. The van der Waals surface area contributed by atoms with Gasteiger partial charge < -0.3 is 16.0 Å². The predicted molar refractivity (Wildman–Crippen MR) is 76.8 cm³/mol. The van der Waals surface area contributed by atoms with E-state index >= 15 is 0 Å². The van der Waals surface area contributed by atoms with E-state index in [1.807, 2.05) is 0 Å². The third kappa shape index (κ3) is 5.10. The number of amides is 3. The van der Waals surface area contributed by atoms with Crippen molar-refractivity contribution in [1.82, 2.24) is 10.6 Å². The molecular weight excluding hydrogens is 323 g/mol. The summed E-state index contributed by atoms with van der Waals surface area (Å²) in [5.74, 6) is -0.440. The molecule has 0 radical (unpaired) electrons. The van der Waals surface area contributed by atoms with E-state index in [2.05, 4.69) is 16.0 Å². The number of alkyl halides is 3. The molecule has 122 valence electrons. The summed E-state index contributed by atoms with van der Waals surface area (Å²) < 4.78 is 38.6. The third-order valence-corrected chi connectivity index (χ3v) is 2.86. The summed E-state index contributed by atoms with van der Waals surface area (Å²) in [6, 6.07) is 1.17. The van der Waals surface area contributed by atoms with Gasteiger partial charge >= 0.3 is 12.2 Å². The van der Waals surface area contributed by atoms with Gasteiger partial charge in [0.05, 0.1) is 11.3 Å². The van der Waals surface area contributed by atoms with Gasteiger partial charge in [-0.25, -0.2) is 4.79 Å². The van der Waals surface area contributed by atoms with Gasteiger partial charge in [-0.1, -0.05) is 11.6 Å². The molecule has 1 rings (SSSR count). The van der Waals surface area contributed by atoms with Gasteiger partial charge in [0.1, 0.15) is 6.04 Å². The summed E-state index contributed by atoms with van der Waals surface area (Å²) in [7, 11) is 0. The fourth-order valence-corrected chi connectivity index (χ4v) is 1.78. The Kier molecular flexibility index (Phi) is 6.04. The number of rotatable bonds is 4. The molecular formula is C13H15ClF3N3O2. The first kappa shape index (κ1) is 18.1. The van der Waals surface area contributed by atoms with E-state index in [0.29, 0.717) is 12.6 Å². The second-order valence-electron chi connectivity index (χ2n) is 4.40. The second kappa shape index (κ2) is 7.35. The molecule has 0 spiro atoms. The van der Waals surface area contributed by atoms with E-state index in [0.717, 1.165) is 6.07 Å². The van der Waals surface area contributed by atoms with Crippen LogP contribution in [-0.4, -0.2) is 24.5 Å². The van der Waals surface area contributed by atoms with Crippen LogP contribution < -0.4 is 16.0 Å². The van der Waals surface area contributed by atoms with Gasteiger partial charge in [-0.3, -0.25) is 4.79 Å². The summed E-state index contributed by atoms with van der Waals surface area (Å²) >= 11 is 5.54. The highest BCUT2D eigenvalue weighted by Gasteiger charge is 2.34. The first-order valence-electron chi connectivity index (χ1n) is 6.37. The van der Waals surface area contributed by atoms with Crippen molar-refractivity contribution < 1.29 is 22.8 Å². The maximum absolute atomic E-state index is 12.9. The summed E-state index contributed by atoms with van der Waals surface area (Å²) in [6.07, 6.45) is -4.67. The van der Waals surface area contributed by atoms with Gasteiger partial charge in [-0.2, -0.15) is 13.2 Å². The van der Waals surface area contributed by atoms with Crippen LogP contribution in [0.3, 0.4) is 0 Å². The SMILES string of the molecule is CCNC(=O)C(C)NC(=O)Nc1ccc(Cl)cc1C(F)(F)F. The average molecular weight is 338 g/mol. The van der Waals surface area contributed by atoms with Crippen LogP contribution >= 0.6 is 11.6 Å². The van der Waals surface area contributed by atoms with Crippen molar-refractivity contribution in [2.75, 3.05) is 11.9 Å². The van der Waals surface area contributed by atoms with Crippen molar-refractivity contribution in [2.24, 2.45) is 0 Å². The van der Waals surface area contributed by atoms with Gasteiger partial charge in [0.15, 0.2) is 0 Å². The molecule has 9 heteroatoms. The molecule has 1 atom stereocenters. The molecule has 3 N–H and O–H groups in total. The predicted octanol–water partition coefficient (Wildman–Crippen LogP) is 3.00. The number of carbonyl (C=O) groups excluding carboxylic acids is 2. The van der Waals surface area contributed by atoms with Crippen LogP contribution in [0, 0.1) is 0 Å². The van der Waals surface area contributed by atoms with Crippen molar-refractivity contribution in [3.63, 3.8) is 0 Å². The number of hydrogen-bond donors (Lipinski definition) is 3. The lowest BCUT2D eigenvalue weighted by molar-refractivity contribution is -0.137. The number of urea groups is 1. The Morgan fingerprint density at radius 3 is 2.50 bits per heavy atom. The molecule has 0 fully saturated rings. The Labute approximate surface area is 130 Å². The number of nitrogens with one attached hydrogen (secondary N) is 3. The summed E-state index contributed by atoms with van der Waals surface area (Å²) in [5, 5.41) is 6.68. The smallest absolute Gasteiger partial charge is 0.355 e. The number of anilines is 1. The van der Waals surface area contributed by atoms with Crippen LogP contribution in [0.5, 0.6) is 0 Å². The number of benzene rings is 1. The van der Waals surface area contributed by atoms with E-state index < -0.39 is 35.4 Å². The Hall–Kier alpha value is -1.96. The topological polar surface area (TPSA) is 70.2 Å². The standard InChI is InChI=1S/C13H15ClF3N3O2/c1-3-18-11(21)7(2)19-12(22)20-10-5-4-8(14)6-9(10)13(15,16)17/h4-7H,3H2,1-2H3,(H,18,21)(H2,19,20,22). The molecule has 1 aromatic rings. The number of hydrogen-bond acceptors (Lipinski definition) is 2. The molecule has 1 aromatic carbocycles. The molecule has 0 bridgehead atoms. The highest BCUT2D eigenvalue weighted by molar-refractivity contribution is 6.30. The number of carbonyl (C=O) groups is 2. The third-order valence-electron chi connectivity index (χ3n) is 2.63. The maximum atomic E-state index is 12.9. The Morgan fingerprint density at radius 2 is 1.95 bits per heavy atom. The lowest BCUT2D eigenvalue weighted by atomic mass is 10.1. The molecule has 5 nitrogen and oxygen atoms in total. The first-order chi connectivity index (χ1) is 10.1. The van der Waals surface area contributed by atoms with Gasteiger partial charge in [0.2, 0.25) is 5.91 Å². The minimum absolute atomic E-state index is 0.103. The van der Waals surface area contributed by atoms with Gasteiger partial charge in [-0.15, -0.1) is 0 Å². The van der Waals surface area contributed by atoms with Crippen LogP contribution in [0.4, 0.5) is 23.7 Å². The zero-order valence-corrected chi connectivity index (χ0v) is 12.6. The Bertz CT molecular complexity index is 564. The van der Waals surface area contributed by atoms with Crippen LogP contribution in [0.1, 0.15) is 19.4 Å². The lowest BCUT2D eigenvalue weighted by Gasteiger charge is -2.17. The van der Waals surface area contributed by atoms with Crippen molar-refractivity contribution in [1.29, 1.82) is 0 Å². The first-order valence-corrected chi connectivity index (χ1v) is 6.75. The van der Waals surface area contributed by atoms with E-state index in [1.165, 1.54) is 13.0 Å². The maximum Gasteiger partial charge on any atom is 0.418 e. The highest BCUT2D eigenvalue weighted by atomic mass is 35.5. The van der Waals surface area contributed by atoms with Gasteiger partial charge in [0.25, 0.3) is 0 Å². The highest BCUT2D eigenvalue weighted by Crippen LogP contribution is 2.36. The van der Waals surface area contributed by atoms with Crippen molar-refractivity contribution in [3.8, 4) is 0 Å². The van der Waals surface area contributed by atoms with E-state index in [4.69, 9.17) is 11.6 Å². The summed E-state index contributed by atoms with van der Waals surface area (Å²) in [6.45, 7) is 3.49. The van der Waals surface area contributed by atoms with Crippen molar-refractivity contribution >= 4 is 29.2 Å². The summed E-state index contributed by atoms with van der Waals surface area (Å²) in [4.78, 5) is 23.1. The van der Waals surface area contributed by atoms with Crippen molar-refractivity contribution in [3.05, 3.63) is 28.8 Å². The number of halogens is 4. The largest absolute Gasteiger partial charge is 0.418 e. The lowest BCUT2D eigenvalue weighted by Crippen LogP contribution is -2.46. The zero-order valence-electron chi connectivity index (χ0n) is 11.8. The quantitative estimate of drug-likeness (QED) is 0.790. The fourth-order valence-electron chi connectivity index (χ4n) is 1.61. The van der Waals surface area contributed by atoms with Crippen LogP contribution in [0.25, 0.3) is 0 Å². The normalized spacial score (nSPS) is 12.5. The Morgan fingerprint density at radius 1 is 1.32 bits per heavy atom. The van der Waals surface area contributed by atoms with Crippen molar-refractivity contribution in [2.45, 2.75) is 26.1 Å². The molecule has 0 saturated heterocycles. The number of likely N-dealkylation sites (N-methyl/N-ethyl adjacent to an activating group) is 1. The average Bonchev–Trinajstić information content (AvgIpc) is 2.39. The van der Waals surface area contributed by atoms with E-state index in [-0.39, 0.29) is 5.02 Å².